The van der Waals surface area contributed by atoms with Gasteiger partial charge >= 0.3 is 17.9 Å². The molecule has 0 bridgehead atoms. The number of ether oxygens (including phenoxy) is 3. The van der Waals surface area contributed by atoms with Crippen molar-refractivity contribution in [2.24, 2.45) is 0 Å². The van der Waals surface area contributed by atoms with Gasteiger partial charge in [0.25, 0.3) is 0 Å². The van der Waals surface area contributed by atoms with Gasteiger partial charge in [-0.15, -0.1) is 0 Å². The molecule has 1 atom stereocenters. The van der Waals surface area contributed by atoms with Crippen molar-refractivity contribution in [2.45, 2.75) is 252 Å². The van der Waals surface area contributed by atoms with Crippen LogP contribution in [0.3, 0.4) is 0 Å². The van der Waals surface area contributed by atoms with Gasteiger partial charge in [-0.05, 0) is 96.3 Å². The van der Waals surface area contributed by atoms with E-state index in [1.165, 1.54) is 109 Å². The summed E-state index contributed by atoms with van der Waals surface area (Å²) in [6.45, 7) is 6.45. The summed E-state index contributed by atoms with van der Waals surface area (Å²) >= 11 is 0. The maximum absolute atomic E-state index is 12.8. The number of esters is 3. The molecule has 1 unspecified atom stereocenters. The zero-order valence-electron chi connectivity index (χ0n) is 41.8. The summed E-state index contributed by atoms with van der Waals surface area (Å²) in [6, 6.07) is 0. The summed E-state index contributed by atoms with van der Waals surface area (Å²) in [5.41, 5.74) is 0. The molecule has 0 aromatic carbocycles. The summed E-state index contributed by atoms with van der Waals surface area (Å²) in [7, 11) is 0. The lowest BCUT2D eigenvalue weighted by Crippen LogP contribution is -2.30. The Hall–Kier alpha value is -3.41. The van der Waals surface area contributed by atoms with Crippen LogP contribution in [-0.2, 0) is 28.6 Å². The van der Waals surface area contributed by atoms with Gasteiger partial charge in [0.1, 0.15) is 13.2 Å². The van der Waals surface area contributed by atoms with E-state index in [9.17, 15) is 14.4 Å². The molecule has 0 fully saturated rings. The SMILES string of the molecule is CC/C=C\C/C=C\C/C=C\C/C=C\C/C=C\C/C=C\CCCCC(=O)OCC(COC(=O)CCCCCCCCCC)OC(=O)CCCCCCCCC/C=C\CCCCCCCC. The molecule has 0 saturated carbocycles. The minimum absolute atomic E-state index is 0.0915. The Morgan fingerprint density at radius 3 is 1.00 bits per heavy atom. The fraction of sp³-hybridized carbons (Fsp3) is 0.707. The lowest BCUT2D eigenvalue weighted by atomic mass is 10.1. The van der Waals surface area contributed by atoms with Crippen LogP contribution in [0.15, 0.2) is 85.1 Å². The minimum Gasteiger partial charge on any atom is -0.462 e. The van der Waals surface area contributed by atoms with Gasteiger partial charge in [-0.1, -0.05) is 215 Å². The third kappa shape index (κ3) is 49.6. The first-order valence-corrected chi connectivity index (χ1v) is 26.6. The van der Waals surface area contributed by atoms with E-state index in [2.05, 4.69) is 106 Å². The number of carbonyl (C=O) groups excluding carboxylic acids is 3. The number of rotatable bonds is 47. The van der Waals surface area contributed by atoms with Crippen molar-refractivity contribution in [2.75, 3.05) is 13.2 Å². The second kappa shape index (κ2) is 52.2. The Morgan fingerprint density at radius 1 is 0.328 bits per heavy atom. The van der Waals surface area contributed by atoms with Gasteiger partial charge in [0.05, 0.1) is 0 Å². The molecule has 0 aliphatic heterocycles. The van der Waals surface area contributed by atoms with Crippen LogP contribution < -0.4 is 0 Å². The van der Waals surface area contributed by atoms with E-state index in [0.717, 1.165) is 96.3 Å². The number of hydrogen-bond acceptors (Lipinski definition) is 6. The maximum Gasteiger partial charge on any atom is 0.306 e. The normalized spacial score (nSPS) is 12.7. The molecule has 0 spiro atoms. The summed E-state index contributed by atoms with van der Waals surface area (Å²) in [4.78, 5) is 37.9. The molecule has 0 aliphatic carbocycles. The predicted octanol–water partition coefficient (Wildman–Crippen LogP) is 17.6. The van der Waals surface area contributed by atoms with Crippen LogP contribution in [0.25, 0.3) is 0 Å². The van der Waals surface area contributed by atoms with Gasteiger partial charge < -0.3 is 14.2 Å². The van der Waals surface area contributed by atoms with Crippen LogP contribution >= 0.6 is 0 Å². The first-order valence-electron chi connectivity index (χ1n) is 26.6. The molecule has 0 rings (SSSR count). The van der Waals surface area contributed by atoms with E-state index >= 15 is 0 Å². The summed E-state index contributed by atoms with van der Waals surface area (Å²) < 4.78 is 16.7. The van der Waals surface area contributed by atoms with Gasteiger partial charge in [0, 0.05) is 19.3 Å². The number of hydrogen-bond donors (Lipinski definition) is 0. The minimum atomic E-state index is -0.794. The highest BCUT2D eigenvalue weighted by Crippen LogP contribution is 2.14. The standard InChI is InChI=1S/C58H98O6/c1-4-7-10-13-16-19-21-23-25-27-28-29-30-32-33-35-37-39-42-45-48-51-57(60)63-54-55(53-62-56(59)50-47-44-41-18-15-12-9-6-3)64-58(61)52-49-46-43-40-38-36-34-31-26-24-22-20-17-14-11-8-5-2/h7,10,16,19,23-26,28-29,32-33,37,39,55H,4-6,8-9,11-15,17-18,20-22,27,30-31,34-36,38,40-54H2,1-3H3/b10-7-,19-16-,25-23-,26-24-,29-28-,33-32-,39-37-. The van der Waals surface area contributed by atoms with Crippen LogP contribution in [0.2, 0.25) is 0 Å². The van der Waals surface area contributed by atoms with Gasteiger partial charge in [-0.25, -0.2) is 0 Å². The molecule has 6 nitrogen and oxygen atoms in total. The Labute approximate surface area is 395 Å². The Kier molecular flexibility index (Phi) is 49.4. The number of allylic oxidation sites excluding steroid dienone is 14. The Morgan fingerprint density at radius 2 is 0.609 bits per heavy atom. The average Bonchev–Trinajstić information content (AvgIpc) is 3.29. The zero-order chi connectivity index (χ0) is 46.5. The molecule has 64 heavy (non-hydrogen) atoms. The topological polar surface area (TPSA) is 78.9 Å². The molecule has 0 saturated heterocycles. The van der Waals surface area contributed by atoms with Crippen LogP contribution in [0.1, 0.15) is 245 Å². The first kappa shape index (κ1) is 60.6. The van der Waals surface area contributed by atoms with Crippen molar-refractivity contribution < 1.29 is 28.6 Å². The van der Waals surface area contributed by atoms with Gasteiger partial charge in [0.2, 0.25) is 0 Å². The Bertz CT molecular complexity index is 1250. The van der Waals surface area contributed by atoms with Gasteiger partial charge in [-0.3, -0.25) is 14.4 Å². The number of unbranched alkanes of at least 4 members (excludes halogenated alkanes) is 22. The second-order valence-corrected chi connectivity index (χ2v) is 17.4. The quantitative estimate of drug-likeness (QED) is 0.0262. The van der Waals surface area contributed by atoms with Crippen molar-refractivity contribution in [3.8, 4) is 0 Å². The average molecular weight is 891 g/mol. The van der Waals surface area contributed by atoms with E-state index in [1.807, 2.05) is 0 Å². The summed E-state index contributed by atoms with van der Waals surface area (Å²) in [6.07, 6.45) is 67.2. The molecule has 0 radical (unpaired) electrons. The van der Waals surface area contributed by atoms with Crippen LogP contribution in [0.5, 0.6) is 0 Å². The highest BCUT2D eigenvalue weighted by molar-refractivity contribution is 5.71. The van der Waals surface area contributed by atoms with Crippen LogP contribution in [-0.4, -0.2) is 37.2 Å². The fourth-order valence-electron chi connectivity index (χ4n) is 7.15. The van der Waals surface area contributed by atoms with Crippen LogP contribution in [0, 0.1) is 0 Å². The van der Waals surface area contributed by atoms with E-state index in [1.54, 1.807) is 0 Å². The summed E-state index contributed by atoms with van der Waals surface area (Å²) in [5.74, 6) is -0.945. The molecule has 0 aliphatic rings. The lowest BCUT2D eigenvalue weighted by molar-refractivity contribution is -0.167. The lowest BCUT2D eigenvalue weighted by Gasteiger charge is -2.18. The van der Waals surface area contributed by atoms with E-state index in [0.29, 0.717) is 19.3 Å². The van der Waals surface area contributed by atoms with E-state index in [4.69, 9.17) is 14.2 Å². The molecule has 0 aromatic heterocycles. The molecular formula is C58H98O6. The van der Waals surface area contributed by atoms with E-state index < -0.39 is 6.10 Å². The fourth-order valence-corrected chi connectivity index (χ4v) is 7.15. The molecule has 0 aromatic rings. The Balaban J connectivity index is 4.37. The molecular weight excluding hydrogens is 793 g/mol. The van der Waals surface area contributed by atoms with Crippen molar-refractivity contribution in [1.29, 1.82) is 0 Å². The largest absolute Gasteiger partial charge is 0.462 e. The summed E-state index contributed by atoms with van der Waals surface area (Å²) in [5, 5.41) is 0. The predicted molar refractivity (Wildman–Crippen MR) is 274 cm³/mol. The van der Waals surface area contributed by atoms with Crippen LogP contribution in [0.4, 0.5) is 0 Å². The van der Waals surface area contributed by atoms with Crippen molar-refractivity contribution >= 4 is 17.9 Å². The zero-order valence-corrected chi connectivity index (χ0v) is 41.8. The second-order valence-electron chi connectivity index (χ2n) is 17.4. The third-order valence-corrected chi connectivity index (χ3v) is 11.1. The molecule has 0 N–H and O–H groups in total. The smallest absolute Gasteiger partial charge is 0.306 e. The first-order chi connectivity index (χ1) is 31.5. The highest BCUT2D eigenvalue weighted by atomic mass is 16.6. The van der Waals surface area contributed by atoms with Gasteiger partial charge in [-0.2, -0.15) is 0 Å². The monoisotopic (exact) mass is 891 g/mol. The molecule has 0 amide bonds. The van der Waals surface area contributed by atoms with Gasteiger partial charge in [0.15, 0.2) is 6.10 Å². The molecule has 6 heteroatoms. The highest BCUT2D eigenvalue weighted by Gasteiger charge is 2.19. The molecule has 0 heterocycles. The molecule has 366 valence electrons. The van der Waals surface area contributed by atoms with E-state index in [-0.39, 0.29) is 31.1 Å². The number of carbonyl (C=O) groups is 3. The third-order valence-electron chi connectivity index (χ3n) is 11.1. The van der Waals surface area contributed by atoms with Crippen molar-refractivity contribution in [3.05, 3.63) is 85.1 Å². The maximum atomic E-state index is 12.8. The van der Waals surface area contributed by atoms with Crippen molar-refractivity contribution in [3.63, 3.8) is 0 Å². The van der Waals surface area contributed by atoms with Crippen molar-refractivity contribution in [1.82, 2.24) is 0 Å².